The van der Waals surface area contributed by atoms with Gasteiger partial charge in [0.1, 0.15) is 5.82 Å². The van der Waals surface area contributed by atoms with Crippen molar-refractivity contribution in [3.05, 3.63) is 28.5 Å². The monoisotopic (exact) mass is 274 g/mol. The highest BCUT2D eigenvalue weighted by molar-refractivity contribution is 9.10. The van der Waals surface area contributed by atoms with E-state index in [2.05, 4.69) is 28.2 Å². The summed E-state index contributed by atoms with van der Waals surface area (Å²) in [6, 6.07) is 4.87. The quantitative estimate of drug-likeness (QED) is 0.867. The smallest absolute Gasteiger partial charge is 0.146 e. The molecule has 84 valence electrons. The van der Waals surface area contributed by atoms with Crippen LogP contribution in [0.3, 0.4) is 0 Å². The fraction of sp³-hybridized carbons (Fsp3) is 0.455. The van der Waals surface area contributed by atoms with E-state index in [1.165, 1.54) is 6.07 Å². The predicted molar refractivity (Wildman–Crippen MR) is 65.4 cm³/mol. The van der Waals surface area contributed by atoms with E-state index < -0.39 is 0 Å². The highest BCUT2D eigenvalue weighted by Gasteiger charge is 2.04. The largest absolute Gasteiger partial charge is 0.382 e. The maximum Gasteiger partial charge on any atom is 0.146 e. The first-order valence-electron chi connectivity index (χ1n) is 5.02. The number of hydrogen-bond donors (Lipinski definition) is 2. The first kappa shape index (κ1) is 12.5. The molecule has 15 heavy (non-hydrogen) atoms. The molecule has 0 aromatic heterocycles. The van der Waals surface area contributed by atoms with Gasteiger partial charge in [-0.1, -0.05) is 22.9 Å². The Kier molecular flexibility index (Phi) is 5.05. The fourth-order valence-corrected chi connectivity index (χ4v) is 1.66. The van der Waals surface area contributed by atoms with Gasteiger partial charge in [-0.3, -0.25) is 0 Å². The fourth-order valence-electron chi connectivity index (χ4n) is 1.30. The molecular formula is C11H16BrFN2. The molecule has 1 aromatic rings. The third-order valence-electron chi connectivity index (χ3n) is 2.23. The Morgan fingerprint density at radius 3 is 2.93 bits per heavy atom. The van der Waals surface area contributed by atoms with E-state index in [0.717, 1.165) is 17.4 Å². The van der Waals surface area contributed by atoms with Gasteiger partial charge in [-0.15, -0.1) is 0 Å². The molecule has 1 aromatic carbocycles. The van der Waals surface area contributed by atoms with Crippen LogP contribution in [0.5, 0.6) is 0 Å². The summed E-state index contributed by atoms with van der Waals surface area (Å²) in [4.78, 5) is 0. The van der Waals surface area contributed by atoms with Gasteiger partial charge < -0.3 is 11.1 Å². The van der Waals surface area contributed by atoms with Crippen molar-refractivity contribution in [1.82, 2.24) is 0 Å². The standard InChI is InChI=1S/C11H16BrFN2/c1-8(4-5-14)7-15-11-6-9(12)2-3-10(11)13/h2-3,6,8,15H,4-5,7,14H2,1H3. The molecule has 0 aliphatic heterocycles. The van der Waals surface area contributed by atoms with E-state index in [1.807, 2.05) is 0 Å². The molecule has 0 amide bonds. The second-order valence-electron chi connectivity index (χ2n) is 3.69. The van der Waals surface area contributed by atoms with Crippen LogP contribution in [0.2, 0.25) is 0 Å². The van der Waals surface area contributed by atoms with Crippen molar-refractivity contribution >= 4 is 21.6 Å². The predicted octanol–water partition coefficient (Wildman–Crippen LogP) is 2.99. The minimum Gasteiger partial charge on any atom is -0.382 e. The number of nitrogens with one attached hydrogen (secondary N) is 1. The first-order chi connectivity index (χ1) is 7.13. The number of anilines is 1. The molecule has 0 fully saturated rings. The highest BCUT2D eigenvalue weighted by Crippen LogP contribution is 2.20. The summed E-state index contributed by atoms with van der Waals surface area (Å²) >= 11 is 3.31. The lowest BCUT2D eigenvalue weighted by molar-refractivity contribution is 0.564. The van der Waals surface area contributed by atoms with E-state index in [1.54, 1.807) is 12.1 Å². The molecule has 1 atom stereocenters. The van der Waals surface area contributed by atoms with Gasteiger partial charge in [0.15, 0.2) is 0 Å². The Labute approximate surface area is 98.2 Å². The Bertz CT molecular complexity index is 317. The van der Waals surface area contributed by atoms with Gasteiger partial charge in [-0.05, 0) is 37.1 Å². The van der Waals surface area contributed by atoms with Crippen LogP contribution in [0.4, 0.5) is 10.1 Å². The van der Waals surface area contributed by atoms with Crippen LogP contribution >= 0.6 is 15.9 Å². The molecule has 0 saturated heterocycles. The second-order valence-corrected chi connectivity index (χ2v) is 4.60. The normalized spacial score (nSPS) is 12.5. The molecule has 0 bridgehead atoms. The van der Waals surface area contributed by atoms with Crippen molar-refractivity contribution in [1.29, 1.82) is 0 Å². The third kappa shape index (κ3) is 4.18. The van der Waals surface area contributed by atoms with E-state index in [-0.39, 0.29) is 5.82 Å². The number of hydrogen-bond acceptors (Lipinski definition) is 2. The minimum absolute atomic E-state index is 0.224. The van der Waals surface area contributed by atoms with Crippen molar-refractivity contribution < 1.29 is 4.39 Å². The summed E-state index contributed by atoms with van der Waals surface area (Å²) in [6.07, 6.45) is 0.947. The molecule has 3 N–H and O–H groups in total. The number of nitrogens with two attached hydrogens (primary N) is 1. The molecule has 0 aliphatic carbocycles. The highest BCUT2D eigenvalue weighted by atomic mass is 79.9. The molecule has 0 aliphatic rings. The Hall–Kier alpha value is -0.610. The molecule has 2 nitrogen and oxygen atoms in total. The number of rotatable bonds is 5. The molecule has 0 radical (unpaired) electrons. The summed E-state index contributed by atoms with van der Waals surface area (Å²) in [7, 11) is 0. The van der Waals surface area contributed by atoms with Crippen molar-refractivity contribution in [2.75, 3.05) is 18.4 Å². The Morgan fingerprint density at radius 2 is 2.27 bits per heavy atom. The SMILES string of the molecule is CC(CCN)CNc1cc(Br)ccc1F. The number of benzene rings is 1. The Morgan fingerprint density at radius 1 is 1.53 bits per heavy atom. The summed E-state index contributed by atoms with van der Waals surface area (Å²) < 4.78 is 14.2. The maximum atomic E-state index is 13.3. The number of halogens is 2. The van der Waals surface area contributed by atoms with Gasteiger partial charge in [0.05, 0.1) is 5.69 Å². The van der Waals surface area contributed by atoms with Crippen LogP contribution in [0.25, 0.3) is 0 Å². The molecule has 0 saturated carbocycles. The van der Waals surface area contributed by atoms with Gasteiger partial charge in [-0.25, -0.2) is 4.39 Å². The summed E-state index contributed by atoms with van der Waals surface area (Å²) in [5, 5.41) is 3.08. The third-order valence-corrected chi connectivity index (χ3v) is 2.72. The summed E-state index contributed by atoms with van der Waals surface area (Å²) in [6.45, 7) is 3.50. The van der Waals surface area contributed by atoms with Crippen LogP contribution < -0.4 is 11.1 Å². The van der Waals surface area contributed by atoms with Crippen LogP contribution in [0, 0.1) is 11.7 Å². The zero-order chi connectivity index (χ0) is 11.3. The van der Waals surface area contributed by atoms with E-state index in [0.29, 0.717) is 18.2 Å². The average Bonchev–Trinajstić information content (AvgIpc) is 2.20. The first-order valence-corrected chi connectivity index (χ1v) is 5.81. The van der Waals surface area contributed by atoms with E-state index >= 15 is 0 Å². The molecule has 0 heterocycles. The Balaban J connectivity index is 2.53. The van der Waals surface area contributed by atoms with E-state index in [4.69, 9.17) is 5.73 Å². The van der Waals surface area contributed by atoms with E-state index in [9.17, 15) is 4.39 Å². The second kappa shape index (κ2) is 6.08. The molecular weight excluding hydrogens is 259 g/mol. The summed E-state index contributed by atoms with van der Waals surface area (Å²) in [5.41, 5.74) is 5.98. The van der Waals surface area contributed by atoms with Crippen LogP contribution in [0.15, 0.2) is 22.7 Å². The van der Waals surface area contributed by atoms with Gasteiger partial charge in [-0.2, -0.15) is 0 Å². The van der Waals surface area contributed by atoms with Crippen molar-refractivity contribution in [2.24, 2.45) is 11.7 Å². The van der Waals surface area contributed by atoms with Crippen LogP contribution in [0.1, 0.15) is 13.3 Å². The molecule has 4 heteroatoms. The lowest BCUT2D eigenvalue weighted by Gasteiger charge is -2.13. The molecule has 0 spiro atoms. The van der Waals surface area contributed by atoms with Crippen molar-refractivity contribution in [2.45, 2.75) is 13.3 Å². The van der Waals surface area contributed by atoms with Gasteiger partial charge in [0.25, 0.3) is 0 Å². The maximum absolute atomic E-state index is 13.3. The lowest BCUT2D eigenvalue weighted by Crippen LogP contribution is -2.15. The van der Waals surface area contributed by atoms with Gasteiger partial charge in [0.2, 0.25) is 0 Å². The zero-order valence-electron chi connectivity index (χ0n) is 8.76. The van der Waals surface area contributed by atoms with Crippen molar-refractivity contribution in [3.8, 4) is 0 Å². The lowest BCUT2D eigenvalue weighted by atomic mass is 10.1. The van der Waals surface area contributed by atoms with Crippen LogP contribution in [-0.4, -0.2) is 13.1 Å². The van der Waals surface area contributed by atoms with Crippen LogP contribution in [-0.2, 0) is 0 Å². The van der Waals surface area contributed by atoms with Gasteiger partial charge >= 0.3 is 0 Å². The zero-order valence-corrected chi connectivity index (χ0v) is 10.3. The molecule has 1 unspecified atom stereocenters. The average molecular weight is 275 g/mol. The molecule has 1 rings (SSSR count). The van der Waals surface area contributed by atoms with Crippen molar-refractivity contribution in [3.63, 3.8) is 0 Å². The topological polar surface area (TPSA) is 38.0 Å². The minimum atomic E-state index is -0.224. The van der Waals surface area contributed by atoms with Gasteiger partial charge in [0, 0.05) is 11.0 Å². The summed E-state index contributed by atoms with van der Waals surface area (Å²) in [5.74, 6) is 0.228.